The van der Waals surface area contributed by atoms with Crippen molar-refractivity contribution in [2.75, 3.05) is 7.11 Å². The van der Waals surface area contributed by atoms with Crippen LogP contribution in [-0.4, -0.2) is 29.6 Å². The lowest BCUT2D eigenvalue weighted by Crippen LogP contribution is -2.01. The number of hydrogen-bond acceptors (Lipinski definition) is 4. The first-order valence-electron chi connectivity index (χ1n) is 4.35. The molecule has 84 valence electrons. The molecule has 0 spiro atoms. The van der Waals surface area contributed by atoms with Gasteiger partial charge in [0.25, 0.3) is 0 Å². The molecule has 0 saturated carbocycles. The van der Waals surface area contributed by atoms with Crippen LogP contribution in [0.2, 0.25) is 0 Å². The van der Waals surface area contributed by atoms with E-state index in [0.29, 0.717) is 11.3 Å². The first-order chi connectivity index (χ1) is 7.58. The van der Waals surface area contributed by atoms with E-state index in [1.165, 1.54) is 31.4 Å². The molecule has 0 aliphatic carbocycles. The number of phenolic OH excluding ortho intramolecular Hbond substituents is 1. The Morgan fingerprint density at radius 2 is 2.12 bits per heavy atom. The van der Waals surface area contributed by atoms with E-state index in [-0.39, 0.29) is 17.6 Å². The van der Waals surface area contributed by atoms with E-state index in [0.717, 1.165) is 0 Å². The van der Waals surface area contributed by atoms with Crippen molar-refractivity contribution in [2.24, 2.45) is 0 Å². The largest absolute Gasteiger partial charge is 0.508 e. The predicted molar refractivity (Wildman–Crippen MR) is 56.3 cm³/mol. The fourth-order valence-corrected chi connectivity index (χ4v) is 1.13. The highest BCUT2D eigenvalue weighted by Crippen LogP contribution is 2.25. The number of carbonyl (C=O) groups is 2. The number of methoxy groups -OCH3 is 1. The van der Waals surface area contributed by atoms with Crippen LogP contribution in [0.4, 0.5) is 0 Å². The fourth-order valence-electron chi connectivity index (χ4n) is 1.13. The third-order valence-electron chi connectivity index (χ3n) is 1.90. The number of carbonyl (C=O) groups excluding carboxylic acids is 1. The van der Waals surface area contributed by atoms with Crippen LogP contribution >= 0.6 is 0 Å². The lowest BCUT2D eigenvalue weighted by atomic mass is 10.1. The van der Waals surface area contributed by atoms with Crippen LogP contribution in [0, 0.1) is 0 Å². The normalized spacial score (nSPS) is 10.9. The highest BCUT2D eigenvalue weighted by Gasteiger charge is 2.08. The molecule has 0 atom stereocenters. The molecule has 0 heterocycles. The number of carboxylic acids is 1. The molecule has 0 radical (unpaired) electrons. The maximum atomic E-state index is 10.6. The van der Waals surface area contributed by atoms with Crippen molar-refractivity contribution < 1.29 is 24.5 Å². The Labute approximate surface area is 91.6 Å². The van der Waals surface area contributed by atoms with Crippen molar-refractivity contribution in [3.63, 3.8) is 0 Å². The van der Waals surface area contributed by atoms with Crippen LogP contribution in [0.5, 0.6) is 11.5 Å². The van der Waals surface area contributed by atoms with Crippen LogP contribution in [0.15, 0.2) is 23.8 Å². The predicted octanol–water partition coefficient (Wildman–Crippen LogP) is 1.07. The van der Waals surface area contributed by atoms with Crippen molar-refractivity contribution in [2.45, 2.75) is 0 Å². The number of benzene rings is 1. The standard InChI is InChI=1S/C11H10O5/c1-16-10-5-9(13)3-2-7(10)4-8(6-12)11(14)15/h2-6,13H,1H3,(H,14,15)/b8-4+. The monoisotopic (exact) mass is 222 g/mol. The van der Waals surface area contributed by atoms with Crippen molar-refractivity contribution in [3.05, 3.63) is 29.3 Å². The Bertz CT molecular complexity index is 448. The summed E-state index contributed by atoms with van der Waals surface area (Å²) in [6.45, 7) is 0. The molecule has 1 aromatic carbocycles. The minimum atomic E-state index is -1.31. The molecular weight excluding hydrogens is 212 g/mol. The second-order valence-electron chi connectivity index (χ2n) is 2.95. The van der Waals surface area contributed by atoms with Gasteiger partial charge in [0.2, 0.25) is 0 Å². The van der Waals surface area contributed by atoms with Crippen LogP contribution in [0.1, 0.15) is 5.56 Å². The van der Waals surface area contributed by atoms with Gasteiger partial charge in [-0.05, 0) is 18.2 Å². The van der Waals surface area contributed by atoms with Crippen LogP contribution < -0.4 is 4.74 Å². The van der Waals surface area contributed by atoms with Gasteiger partial charge in [0.1, 0.15) is 11.5 Å². The number of hydrogen-bond donors (Lipinski definition) is 2. The Balaban J connectivity index is 3.22. The van der Waals surface area contributed by atoms with Gasteiger partial charge in [-0.25, -0.2) is 4.79 Å². The summed E-state index contributed by atoms with van der Waals surface area (Å²) in [5.74, 6) is -1.03. The van der Waals surface area contributed by atoms with Gasteiger partial charge in [-0.3, -0.25) is 4.79 Å². The summed E-state index contributed by atoms with van der Waals surface area (Å²) >= 11 is 0. The summed E-state index contributed by atoms with van der Waals surface area (Å²) in [6.07, 6.45) is 1.42. The maximum Gasteiger partial charge on any atom is 0.339 e. The molecule has 0 bridgehead atoms. The second-order valence-corrected chi connectivity index (χ2v) is 2.95. The molecule has 5 heteroatoms. The van der Waals surface area contributed by atoms with E-state index in [1.54, 1.807) is 0 Å². The SMILES string of the molecule is COc1cc(O)ccc1/C=C(\C=O)C(=O)O. The summed E-state index contributed by atoms with van der Waals surface area (Å²) in [5, 5.41) is 17.8. The molecular formula is C11H10O5. The van der Waals surface area contributed by atoms with Crippen LogP contribution in [0.3, 0.4) is 0 Å². The molecule has 5 nitrogen and oxygen atoms in total. The third-order valence-corrected chi connectivity index (χ3v) is 1.90. The second kappa shape index (κ2) is 4.97. The number of rotatable bonds is 4. The number of aldehydes is 1. The molecule has 0 aliphatic rings. The van der Waals surface area contributed by atoms with Crippen molar-refractivity contribution >= 4 is 18.3 Å². The van der Waals surface area contributed by atoms with Gasteiger partial charge in [-0.2, -0.15) is 0 Å². The van der Waals surface area contributed by atoms with Gasteiger partial charge in [-0.15, -0.1) is 0 Å². The van der Waals surface area contributed by atoms with Crippen molar-refractivity contribution in [1.29, 1.82) is 0 Å². The highest BCUT2D eigenvalue weighted by molar-refractivity contribution is 6.11. The van der Waals surface area contributed by atoms with E-state index in [4.69, 9.17) is 9.84 Å². The summed E-state index contributed by atoms with van der Waals surface area (Å²) in [7, 11) is 1.38. The van der Waals surface area contributed by atoms with E-state index >= 15 is 0 Å². The molecule has 0 amide bonds. The summed E-state index contributed by atoms with van der Waals surface area (Å²) in [4.78, 5) is 21.1. The molecule has 16 heavy (non-hydrogen) atoms. The quantitative estimate of drug-likeness (QED) is 0.344. The summed E-state index contributed by atoms with van der Waals surface area (Å²) < 4.78 is 4.94. The number of carboxylic acid groups (broad SMARTS) is 1. The average molecular weight is 222 g/mol. The summed E-state index contributed by atoms with van der Waals surface area (Å²) in [6, 6.07) is 4.16. The maximum absolute atomic E-state index is 10.6. The zero-order chi connectivity index (χ0) is 12.1. The zero-order valence-electron chi connectivity index (χ0n) is 8.51. The molecule has 0 aromatic heterocycles. The molecule has 1 aromatic rings. The van der Waals surface area contributed by atoms with E-state index in [9.17, 15) is 14.7 Å². The average Bonchev–Trinajstić information content (AvgIpc) is 2.26. The highest BCUT2D eigenvalue weighted by atomic mass is 16.5. The lowest BCUT2D eigenvalue weighted by Gasteiger charge is -2.05. The third kappa shape index (κ3) is 2.60. The molecule has 2 N–H and O–H groups in total. The fraction of sp³-hybridized carbons (Fsp3) is 0.0909. The smallest absolute Gasteiger partial charge is 0.339 e. The Morgan fingerprint density at radius 1 is 1.44 bits per heavy atom. The topological polar surface area (TPSA) is 83.8 Å². The molecule has 1 rings (SSSR count). The van der Waals surface area contributed by atoms with Gasteiger partial charge in [0.15, 0.2) is 6.29 Å². The molecule has 0 fully saturated rings. The first kappa shape index (κ1) is 11.8. The Hall–Kier alpha value is -2.30. The Kier molecular flexibility index (Phi) is 3.66. The minimum absolute atomic E-state index is 0.00280. The molecule has 0 aliphatic heterocycles. The van der Waals surface area contributed by atoms with Gasteiger partial charge in [0, 0.05) is 11.6 Å². The molecule has 0 unspecified atom stereocenters. The van der Waals surface area contributed by atoms with E-state index in [2.05, 4.69) is 0 Å². The van der Waals surface area contributed by atoms with Crippen LogP contribution in [0.25, 0.3) is 6.08 Å². The van der Waals surface area contributed by atoms with Gasteiger partial charge < -0.3 is 14.9 Å². The number of aromatic hydroxyl groups is 1. The van der Waals surface area contributed by atoms with E-state index < -0.39 is 5.97 Å². The Morgan fingerprint density at radius 3 is 2.62 bits per heavy atom. The minimum Gasteiger partial charge on any atom is -0.508 e. The first-order valence-corrected chi connectivity index (χ1v) is 4.35. The zero-order valence-corrected chi connectivity index (χ0v) is 8.51. The summed E-state index contributed by atoms with van der Waals surface area (Å²) in [5.41, 5.74) is 0.0220. The van der Waals surface area contributed by atoms with Crippen LogP contribution in [-0.2, 0) is 9.59 Å². The number of ether oxygens (including phenoxy) is 1. The number of phenols is 1. The van der Waals surface area contributed by atoms with E-state index in [1.807, 2.05) is 0 Å². The van der Waals surface area contributed by atoms with Crippen molar-refractivity contribution in [3.8, 4) is 11.5 Å². The van der Waals surface area contributed by atoms with Gasteiger partial charge in [0.05, 0.1) is 12.7 Å². The van der Waals surface area contributed by atoms with Gasteiger partial charge >= 0.3 is 5.97 Å². The number of aliphatic carboxylic acids is 1. The molecule has 0 saturated heterocycles. The van der Waals surface area contributed by atoms with Crippen molar-refractivity contribution in [1.82, 2.24) is 0 Å². The lowest BCUT2D eigenvalue weighted by molar-refractivity contribution is -0.133. The van der Waals surface area contributed by atoms with Gasteiger partial charge in [-0.1, -0.05) is 0 Å².